The maximum atomic E-state index is 11.9. The maximum Gasteiger partial charge on any atom is 0.226 e. The van der Waals surface area contributed by atoms with Gasteiger partial charge < -0.3 is 15.0 Å². The number of hydrogen-bond donors (Lipinski definition) is 1. The highest BCUT2D eigenvalue weighted by atomic mass is 16.5. The molecule has 0 aliphatic carbocycles. The number of nitrogens with zero attached hydrogens (tertiary/aromatic N) is 1. The number of nitrogens with one attached hydrogen (secondary N) is 1. The summed E-state index contributed by atoms with van der Waals surface area (Å²) in [5.41, 5.74) is 0.708. The van der Waals surface area contributed by atoms with Crippen LogP contribution in [0, 0.1) is 0 Å². The Morgan fingerprint density at radius 2 is 1.95 bits per heavy atom. The molecular formula is C17H24N2O3. The lowest BCUT2D eigenvalue weighted by Crippen LogP contribution is -2.32. The summed E-state index contributed by atoms with van der Waals surface area (Å²) in [6, 6.07) is 7.22. The number of hydrogen-bond acceptors (Lipinski definition) is 3. The van der Waals surface area contributed by atoms with Gasteiger partial charge in [0.25, 0.3) is 0 Å². The Morgan fingerprint density at radius 1 is 1.32 bits per heavy atom. The number of carbonyl (C=O) groups is 2. The fraction of sp³-hybridized carbons (Fsp3) is 0.412. The van der Waals surface area contributed by atoms with Gasteiger partial charge in [-0.15, -0.1) is 6.58 Å². The summed E-state index contributed by atoms with van der Waals surface area (Å²) in [4.78, 5) is 24.8. The molecule has 0 aliphatic heterocycles. The first kappa shape index (κ1) is 17.8. The third-order valence-corrected chi connectivity index (χ3v) is 2.91. The standard InChI is InChI=1S/C17H24N2O3/c1-5-11-19(14(4)20)12-10-17(21)18-15-6-8-16(9-7-15)22-13(2)3/h5-9,13H,1,10-12H2,2-4H3,(H,18,21). The van der Waals surface area contributed by atoms with E-state index in [1.54, 1.807) is 23.1 Å². The molecule has 0 aromatic heterocycles. The highest BCUT2D eigenvalue weighted by molar-refractivity contribution is 5.91. The molecule has 1 N–H and O–H groups in total. The smallest absolute Gasteiger partial charge is 0.226 e. The van der Waals surface area contributed by atoms with E-state index < -0.39 is 0 Å². The van der Waals surface area contributed by atoms with E-state index in [1.807, 2.05) is 26.0 Å². The van der Waals surface area contributed by atoms with Gasteiger partial charge in [-0.1, -0.05) is 6.08 Å². The first-order chi connectivity index (χ1) is 10.4. The van der Waals surface area contributed by atoms with Gasteiger partial charge in [0, 0.05) is 32.1 Å². The van der Waals surface area contributed by atoms with E-state index in [-0.39, 0.29) is 24.3 Å². The van der Waals surface area contributed by atoms with Crippen molar-refractivity contribution in [2.75, 3.05) is 18.4 Å². The minimum absolute atomic E-state index is 0.0668. The predicted molar refractivity (Wildman–Crippen MR) is 87.9 cm³/mol. The van der Waals surface area contributed by atoms with Crippen LogP contribution in [0.5, 0.6) is 5.75 Å². The fourth-order valence-corrected chi connectivity index (χ4v) is 1.88. The Kier molecular flexibility index (Phi) is 7.16. The lowest BCUT2D eigenvalue weighted by Gasteiger charge is -2.18. The molecule has 22 heavy (non-hydrogen) atoms. The van der Waals surface area contributed by atoms with Crippen LogP contribution in [0.25, 0.3) is 0 Å². The van der Waals surface area contributed by atoms with Crippen LogP contribution >= 0.6 is 0 Å². The van der Waals surface area contributed by atoms with Gasteiger partial charge in [-0.05, 0) is 38.1 Å². The van der Waals surface area contributed by atoms with E-state index in [1.165, 1.54) is 6.92 Å². The molecule has 1 rings (SSSR count). The molecule has 0 bridgehead atoms. The molecule has 0 radical (unpaired) electrons. The minimum Gasteiger partial charge on any atom is -0.491 e. The van der Waals surface area contributed by atoms with Crippen molar-refractivity contribution in [2.45, 2.75) is 33.3 Å². The van der Waals surface area contributed by atoms with Gasteiger partial charge in [0.05, 0.1) is 6.10 Å². The normalized spacial score (nSPS) is 10.2. The Hall–Kier alpha value is -2.30. The minimum atomic E-state index is -0.132. The highest BCUT2D eigenvalue weighted by Crippen LogP contribution is 2.17. The highest BCUT2D eigenvalue weighted by Gasteiger charge is 2.10. The molecular weight excluding hydrogens is 280 g/mol. The van der Waals surface area contributed by atoms with Crippen molar-refractivity contribution in [3.63, 3.8) is 0 Å². The fourth-order valence-electron chi connectivity index (χ4n) is 1.88. The first-order valence-electron chi connectivity index (χ1n) is 7.35. The SMILES string of the molecule is C=CCN(CCC(=O)Nc1ccc(OC(C)C)cc1)C(C)=O. The third-order valence-electron chi connectivity index (χ3n) is 2.91. The molecule has 0 aliphatic rings. The molecule has 5 nitrogen and oxygen atoms in total. The van der Waals surface area contributed by atoms with Crippen LogP contribution in [-0.4, -0.2) is 35.9 Å². The zero-order chi connectivity index (χ0) is 16.5. The van der Waals surface area contributed by atoms with E-state index in [0.29, 0.717) is 18.8 Å². The van der Waals surface area contributed by atoms with Crippen LogP contribution in [0.1, 0.15) is 27.2 Å². The number of amides is 2. The monoisotopic (exact) mass is 304 g/mol. The molecule has 2 amide bonds. The van der Waals surface area contributed by atoms with E-state index in [9.17, 15) is 9.59 Å². The average molecular weight is 304 g/mol. The van der Waals surface area contributed by atoms with Crippen LogP contribution in [-0.2, 0) is 9.59 Å². The molecule has 0 unspecified atom stereocenters. The number of benzene rings is 1. The van der Waals surface area contributed by atoms with Crippen molar-refractivity contribution in [3.8, 4) is 5.75 Å². The molecule has 0 saturated carbocycles. The molecule has 0 fully saturated rings. The topological polar surface area (TPSA) is 58.6 Å². The van der Waals surface area contributed by atoms with Crippen molar-refractivity contribution in [3.05, 3.63) is 36.9 Å². The zero-order valence-corrected chi connectivity index (χ0v) is 13.5. The number of ether oxygens (including phenoxy) is 1. The van der Waals surface area contributed by atoms with Crippen molar-refractivity contribution >= 4 is 17.5 Å². The molecule has 0 saturated heterocycles. The largest absolute Gasteiger partial charge is 0.491 e. The Bertz CT molecular complexity index is 509. The maximum absolute atomic E-state index is 11.9. The van der Waals surface area contributed by atoms with Crippen LogP contribution in [0.4, 0.5) is 5.69 Å². The van der Waals surface area contributed by atoms with Crippen LogP contribution in [0.3, 0.4) is 0 Å². The summed E-state index contributed by atoms with van der Waals surface area (Å²) in [6.07, 6.45) is 2.01. The molecule has 120 valence electrons. The molecule has 1 aromatic rings. The summed E-state index contributed by atoms with van der Waals surface area (Å²) in [5.74, 6) is 0.567. The summed E-state index contributed by atoms with van der Waals surface area (Å²) in [5, 5.41) is 2.80. The first-order valence-corrected chi connectivity index (χ1v) is 7.35. The van der Waals surface area contributed by atoms with Gasteiger partial charge in [-0.25, -0.2) is 0 Å². The lowest BCUT2D eigenvalue weighted by atomic mass is 10.2. The molecule has 0 spiro atoms. The summed E-state index contributed by atoms with van der Waals surface area (Å²) in [6.45, 7) is 9.82. The van der Waals surface area contributed by atoms with Crippen LogP contribution < -0.4 is 10.1 Å². The van der Waals surface area contributed by atoms with Gasteiger partial charge in [0.2, 0.25) is 11.8 Å². The molecule has 1 aromatic carbocycles. The van der Waals surface area contributed by atoms with Gasteiger partial charge in [0.1, 0.15) is 5.75 Å². The van der Waals surface area contributed by atoms with Crippen molar-refractivity contribution in [1.29, 1.82) is 0 Å². The number of anilines is 1. The van der Waals surface area contributed by atoms with E-state index >= 15 is 0 Å². The van der Waals surface area contributed by atoms with Crippen LogP contribution in [0.15, 0.2) is 36.9 Å². The molecule has 5 heteroatoms. The van der Waals surface area contributed by atoms with Gasteiger partial charge in [0.15, 0.2) is 0 Å². The van der Waals surface area contributed by atoms with E-state index in [2.05, 4.69) is 11.9 Å². The quantitative estimate of drug-likeness (QED) is 0.751. The molecule has 0 heterocycles. The van der Waals surface area contributed by atoms with Gasteiger partial charge in [-0.2, -0.15) is 0 Å². The summed E-state index contributed by atoms with van der Waals surface area (Å²) in [7, 11) is 0. The summed E-state index contributed by atoms with van der Waals surface area (Å²) < 4.78 is 5.54. The Labute approximate surface area is 132 Å². The van der Waals surface area contributed by atoms with E-state index in [0.717, 1.165) is 5.75 Å². The number of rotatable bonds is 8. The van der Waals surface area contributed by atoms with Crippen molar-refractivity contribution in [1.82, 2.24) is 4.90 Å². The van der Waals surface area contributed by atoms with Gasteiger partial charge in [-0.3, -0.25) is 9.59 Å². The van der Waals surface area contributed by atoms with Gasteiger partial charge >= 0.3 is 0 Å². The second-order valence-electron chi connectivity index (χ2n) is 5.24. The number of carbonyl (C=O) groups excluding carboxylic acids is 2. The van der Waals surface area contributed by atoms with Crippen molar-refractivity contribution in [2.24, 2.45) is 0 Å². The predicted octanol–water partition coefficient (Wildman–Crippen LogP) is 2.84. The second-order valence-corrected chi connectivity index (χ2v) is 5.24. The van der Waals surface area contributed by atoms with E-state index in [4.69, 9.17) is 4.74 Å². The lowest BCUT2D eigenvalue weighted by molar-refractivity contribution is -0.128. The zero-order valence-electron chi connectivity index (χ0n) is 13.5. The average Bonchev–Trinajstić information content (AvgIpc) is 2.44. The Morgan fingerprint density at radius 3 is 2.45 bits per heavy atom. The third kappa shape index (κ3) is 6.43. The second kappa shape index (κ2) is 8.87. The van der Waals surface area contributed by atoms with Crippen molar-refractivity contribution < 1.29 is 14.3 Å². The van der Waals surface area contributed by atoms with Crippen LogP contribution in [0.2, 0.25) is 0 Å². The molecule has 0 atom stereocenters. The summed E-state index contributed by atoms with van der Waals surface area (Å²) >= 11 is 0. The Balaban J connectivity index is 2.47.